The quantitative estimate of drug-likeness (QED) is 0.187. The number of hydrogen-bond acceptors (Lipinski definition) is 4. The largest absolute Gasteiger partial charge is 0.456 e. The summed E-state index contributed by atoms with van der Waals surface area (Å²) in [6.45, 7) is 0. The molecular formula is C45H28N4O. The second kappa shape index (κ2) is 11.4. The van der Waals surface area contributed by atoms with E-state index in [4.69, 9.17) is 26.2 Å². The minimum Gasteiger partial charge on any atom is -0.456 e. The van der Waals surface area contributed by atoms with Gasteiger partial charge in [0.25, 0.3) is 0 Å². The molecule has 0 fully saturated rings. The molecule has 10 aromatic rings. The van der Waals surface area contributed by atoms with E-state index in [1.165, 1.54) is 0 Å². The molecule has 3 aromatic heterocycles. The predicted octanol–water partition coefficient (Wildman–Crippen LogP) is 11.5. The zero-order valence-corrected chi connectivity index (χ0v) is 26.5. The lowest BCUT2D eigenvalue weighted by atomic mass is 10.0. The number of para-hydroxylation sites is 2. The Hall–Kier alpha value is -6.85. The smallest absolute Gasteiger partial charge is 0.164 e. The molecule has 0 atom stereocenters. The van der Waals surface area contributed by atoms with Gasteiger partial charge in [-0.3, -0.25) is 0 Å². The first kappa shape index (κ1) is 23.5. The van der Waals surface area contributed by atoms with Gasteiger partial charge in [0.15, 0.2) is 17.5 Å². The van der Waals surface area contributed by atoms with Gasteiger partial charge < -0.3 is 8.98 Å². The van der Waals surface area contributed by atoms with Crippen molar-refractivity contribution in [3.05, 3.63) is 170 Å². The summed E-state index contributed by atoms with van der Waals surface area (Å²) in [4.78, 5) is 14.3. The average molecular weight is 646 g/mol. The van der Waals surface area contributed by atoms with E-state index in [9.17, 15) is 0 Å². The third-order valence-corrected chi connectivity index (χ3v) is 9.16. The molecule has 50 heavy (non-hydrogen) atoms. The van der Waals surface area contributed by atoms with Gasteiger partial charge in [-0.15, -0.1) is 0 Å². The molecule has 0 bridgehead atoms. The molecule has 234 valence electrons. The number of hydrogen-bond donors (Lipinski definition) is 0. The van der Waals surface area contributed by atoms with Crippen LogP contribution in [0.2, 0.25) is 0 Å². The van der Waals surface area contributed by atoms with E-state index >= 15 is 0 Å². The fourth-order valence-corrected chi connectivity index (χ4v) is 6.78. The molecule has 0 aliphatic carbocycles. The zero-order chi connectivity index (χ0) is 37.4. The topological polar surface area (TPSA) is 56.7 Å². The van der Waals surface area contributed by atoms with Gasteiger partial charge in [0, 0.05) is 50.0 Å². The summed E-state index contributed by atoms with van der Waals surface area (Å²) in [6, 6.07) is 44.2. The van der Waals surface area contributed by atoms with Crippen LogP contribution in [0.4, 0.5) is 0 Å². The van der Waals surface area contributed by atoms with Crippen molar-refractivity contribution in [1.29, 1.82) is 0 Å². The molecule has 3 heterocycles. The minimum atomic E-state index is -0.480. The van der Waals surface area contributed by atoms with Crippen LogP contribution >= 0.6 is 0 Å². The highest BCUT2D eigenvalue weighted by molar-refractivity contribution is 6.17. The molecule has 5 heteroatoms. The van der Waals surface area contributed by atoms with Crippen LogP contribution in [-0.4, -0.2) is 19.5 Å². The Morgan fingerprint density at radius 1 is 0.420 bits per heavy atom. The van der Waals surface area contributed by atoms with E-state index in [1.807, 2.05) is 109 Å². The lowest BCUT2D eigenvalue weighted by Gasteiger charge is -2.11. The van der Waals surface area contributed by atoms with Crippen LogP contribution in [0.15, 0.2) is 174 Å². The van der Waals surface area contributed by atoms with E-state index in [0.717, 1.165) is 60.6 Å². The van der Waals surface area contributed by atoms with Gasteiger partial charge in [-0.05, 0) is 53.6 Å². The van der Waals surface area contributed by atoms with E-state index in [1.54, 1.807) is 0 Å². The molecule has 0 saturated carbocycles. The Kier molecular flexibility index (Phi) is 5.35. The van der Waals surface area contributed by atoms with Crippen molar-refractivity contribution in [2.75, 3.05) is 0 Å². The Morgan fingerprint density at radius 3 is 1.74 bits per heavy atom. The standard InChI is InChI=1S/C45H28N4O/c1-3-11-29(12-4-1)30-19-21-32(22-20-30)44-46-43(31-13-5-2-6-14-31)47-45(48-44)33-23-25-34(26-24-33)49-39-17-9-7-15-35(39)37-27-38-36-16-8-10-18-41(36)50-42(38)28-40(37)49/h1-28H/i2D,5D,6D,13D,14D. The molecule has 0 saturated heterocycles. The van der Waals surface area contributed by atoms with Crippen molar-refractivity contribution in [3.8, 4) is 51.0 Å². The highest BCUT2D eigenvalue weighted by Crippen LogP contribution is 2.38. The van der Waals surface area contributed by atoms with Crippen LogP contribution in [0, 0.1) is 0 Å². The number of fused-ring (bicyclic) bond motifs is 6. The van der Waals surface area contributed by atoms with Gasteiger partial charge in [-0.1, -0.05) is 121 Å². The maximum atomic E-state index is 8.69. The second-order valence-electron chi connectivity index (χ2n) is 12.1. The Morgan fingerprint density at radius 2 is 1.00 bits per heavy atom. The molecule has 10 rings (SSSR count). The molecule has 0 N–H and O–H groups in total. The molecule has 0 aliphatic rings. The van der Waals surface area contributed by atoms with Gasteiger partial charge >= 0.3 is 0 Å². The van der Waals surface area contributed by atoms with E-state index in [-0.39, 0.29) is 23.5 Å². The number of aromatic nitrogens is 4. The normalized spacial score (nSPS) is 13.0. The average Bonchev–Trinajstić information content (AvgIpc) is 3.76. The van der Waals surface area contributed by atoms with Crippen molar-refractivity contribution in [2.24, 2.45) is 0 Å². The Bertz CT molecular complexity index is 3110. The molecular weight excluding hydrogens is 613 g/mol. The maximum absolute atomic E-state index is 8.69. The molecule has 5 nitrogen and oxygen atoms in total. The van der Waals surface area contributed by atoms with Crippen LogP contribution in [0.5, 0.6) is 0 Å². The number of furan rings is 1. The van der Waals surface area contributed by atoms with Gasteiger partial charge in [0.05, 0.1) is 17.9 Å². The number of benzene rings is 7. The molecule has 7 aromatic carbocycles. The third-order valence-electron chi connectivity index (χ3n) is 9.16. The van der Waals surface area contributed by atoms with Crippen molar-refractivity contribution in [2.45, 2.75) is 0 Å². The van der Waals surface area contributed by atoms with E-state index in [0.29, 0.717) is 22.8 Å². The highest BCUT2D eigenvalue weighted by atomic mass is 16.3. The van der Waals surface area contributed by atoms with Crippen LogP contribution in [0.25, 0.3) is 94.7 Å². The first-order chi connectivity index (χ1) is 26.8. The number of rotatable bonds is 5. The summed E-state index contributed by atoms with van der Waals surface area (Å²) in [5, 5.41) is 4.38. The maximum Gasteiger partial charge on any atom is 0.164 e. The number of nitrogens with zero attached hydrogens (tertiary/aromatic N) is 4. The summed E-state index contributed by atoms with van der Waals surface area (Å²) in [5.74, 6) is 0.606. The predicted molar refractivity (Wildman–Crippen MR) is 203 cm³/mol. The third kappa shape index (κ3) is 4.67. The monoisotopic (exact) mass is 645 g/mol. The first-order valence-electron chi connectivity index (χ1n) is 18.8. The van der Waals surface area contributed by atoms with Crippen molar-refractivity contribution < 1.29 is 11.3 Å². The molecule has 0 unspecified atom stereocenters. The van der Waals surface area contributed by atoms with E-state index < -0.39 is 18.1 Å². The first-order valence-corrected chi connectivity index (χ1v) is 16.3. The van der Waals surface area contributed by atoms with Gasteiger partial charge in [0.1, 0.15) is 11.2 Å². The summed E-state index contributed by atoms with van der Waals surface area (Å²) in [5.41, 5.74) is 7.98. The van der Waals surface area contributed by atoms with Gasteiger partial charge in [-0.2, -0.15) is 0 Å². The van der Waals surface area contributed by atoms with Crippen LogP contribution in [-0.2, 0) is 0 Å². The zero-order valence-electron chi connectivity index (χ0n) is 31.5. The van der Waals surface area contributed by atoms with Crippen LogP contribution in [0.1, 0.15) is 6.85 Å². The van der Waals surface area contributed by atoms with Gasteiger partial charge in [-0.25, -0.2) is 15.0 Å². The van der Waals surface area contributed by atoms with Crippen LogP contribution < -0.4 is 0 Å². The fourth-order valence-electron chi connectivity index (χ4n) is 6.78. The summed E-state index contributed by atoms with van der Waals surface area (Å²) >= 11 is 0. The Labute approximate surface area is 294 Å². The highest BCUT2D eigenvalue weighted by Gasteiger charge is 2.17. The fraction of sp³-hybridized carbons (Fsp3) is 0. The molecule has 0 amide bonds. The lowest BCUT2D eigenvalue weighted by Crippen LogP contribution is -2.00. The van der Waals surface area contributed by atoms with Crippen molar-refractivity contribution in [3.63, 3.8) is 0 Å². The molecule has 0 radical (unpaired) electrons. The van der Waals surface area contributed by atoms with E-state index in [2.05, 4.69) is 34.9 Å². The van der Waals surface area contributed by atoms with Crippen molar-refractivity contribution in [1.82, 2.24) is 19.5 Å². The SMILES string of the molecule is [2H]c1c([2H])c([2H])c(-c2nc(-c3ccc(-c4ccccc4)cc3)nc(-c3ccc(-n4c5ccccc5c5cc6c(cc54)oc4ccccc46)cc3)n2)c([2H])c1[2H]. The summed E-state index contributed by atoms with van der Waals surface area (Å²) in [7, 11) is 0. The van der Waals surface area contributed by atoms with Crippen molar-refractivity contribution >= 4 is 43.7 Å². The second-order valence-corrected chi connectivity index (χ2v) is 12.1. The Balaban J connectivity index is 1.12. The van der Waals surface area contributed by atoms with Crippen LogP contribution in [0.3, 0.4) is 0 Å². The minimum absolute atomic E-state index is 0.00883. The lowest BCUT2D eigenvalue weighted by molar-refractivity contribution is 0.669. The molecule has 0 spiro atoms. The molecule has 0 aliphatic heterocycles. The summed E-state index contributed by atoms with van der Waals surface area (Å²) in [6.07, 6.45) is 0. The summed E-state index contributed by atoms with van der Waals surface area (Å²) < 4.78 is 50.6. The van der Waals surface area contributed by atoms with Gasteiger partial charge in [0.2, 0.25) is 0 Å².